The molecule has 1 fully saturated rings. The Morgan fingerprint density at radius 1 is 1.07 bits per heavy atom. The van der Waals surface area contributed by atoms with E-state index in [1.54, 1.807) is 31.1 Å². The van der Waals surface area contributed by atoms with Crippen molar-refractivity contribution in [1.29, 1.82) is 0 Å². The molecule has 1 N–H and O–H groups in total. The lowest BCUT2D eigenvalue weighted by Crippen LogP contribution is -2.44. The van der Waals surface area contributed by atoms with Gasteiger partial charge in [0.2, 0.25) is 11.8 Å². The van der Waals surface area contributed by atoms with Crippen LogP contribution in [0.2, 0.25) is 0 Å². The minimum absolute atomic E-state index is 0.0470. The predicted octanol–water partition coefficient (Wildman–Crippen LogP) is 3.88. The van der Waals surface area contributed by atoms with Crippen LogP contribution in [-0.4, -0.2) is 54.0 Å². The quantitative estimate of drug-likeness (QED) is 0.738. The number of hydrogen-bond donors (Lipinski definition) is 1. The second-order valence-corrected chi connectivity index (χ2v) is 8.64. The maximum absolute atomic E-state index is 12.7. The van der Waals surface area contributed by atoms with Gasteiger partial charge in [-0.2, -0.15) is 0 Å². The van der Waals surface area contributed by atoms with Crippen LogP contribution in [0.3, 0.4) is 0 Å². The number of carbonyl (C=O) groups is 3. The molecule has 6 nitrogen and oxygen atoms in total. The van der Waals surface area contributed by atoms with Crippen molar-refractivity contribution in [2.45, 2.75) is 24.2 Å². The van der Waals surface area contributed by atoms with Gasteiger partial charge in [0.25, 0.3) is 5.24 Å². The molecule has 1 unspecified atom stereocenters. The Labute approximate surface area is 181 Å². The van der Waals surface area contributed by atoms with Gasteiger partial charge in [-0.05, 0) is 54.4 Å². The SMILES string of the molecule is CN(C)C(=O)Sc1ccc(NC(=O)C2CCCN(C(=O)Cc3ccccc3)C2)cc1. The van der Waals surface area contributed by atoms with Gasteiger partial charge in [0.15, 0.2) is 0 Å². The molecule has 3 amide bonds. The zero-order valence-corrected chi connectivity index (χ0v) is 18.2. The van der Waals surface area contributed by atoms with Crippen molar-refractivity contribution in [3.8, 4) is 0 Å². The highest BCUT2D eigenvalue weighted by Gasteiger charge is 2.28. The van der Waals surface area contributed by atoms with E-state index >= 15 is 0 Å². The summed E-state index contributed by atoms with van der Waals surface area (Å²) in [6.07, 6.45) is 1.95. The van der Waals surface area contributed by atoms with Crippen LogP contribution in [0.1, 0.15) is 18.4 Å². The van der Waals surface area contributed by atoms with Crippen LogP contribution in [0.5, 0.6) is 0 Å². The number of likely N-dealkylation sites (tertiary alicyclic amines) is 1. The van der Waals surface area contributed by atoms with E-state index in [9.17, 15) is 14.4 Å². The molecule has 1 heterocycles. The van der Waals surface area contributed by atoms with E-state index in [-0.39, 0.29) is 23.0 Å². The first-order valence-electron chi connectivity index (χ1n) is 10.0. The van der Waals surface area contributed by atoms with Gasteiger partial charge in [-0.3, -0.25) is 14.4 Å². The number of amides is 3. The van der Waals surface area contributed by atoms with Crippen LogP contribution in [0.15, 0.2) is 59.5 Å². The second-order valence-electron chi connectivity index (χ2n) is 7.62. The third-order valence-corrected chi connectivity index (χ3v) is 6.08. The fourth-order valence-electron chi connectivity index (χ4n) is 3.34. The van der Waals surface area contributed by atoms with Crippen molar-refractivity contribution < 1.29 is 14.4 Å². The molecule has 158 valence electrons. The second kappa shape index (κ2) is 10.3. The number of nitrogens with zero attached hydrogens (tertiary/aromatic N) is 2. The average Bonchev–Trinajstić information content (AvgIpc) is 2.75. The molecule has 2 aromatic carbocycles. The van der Waals surface area contributed by atoms with Crippen LogP contribution < -0.4 is 5.32 Å². The summed E-state index contributed by atoms with van der Waals surface area (Å²) in [6, 6.07) is 16.9. The zero-order chi connectivity index (χ0) is 21.5. The summed E-state index contributed by atoms with van der Waals surface area (Å²) in [5.74, 6) is -0.231. The van der Waals surface area contributed by atoms with Crippen LogP contribution in [0, 0.1) is 5.92 Å². The van der Waals surface area contributed by atoms with Crippen LogP contribution in [0.4, 0.5) is 10.5 Å². The fourth-order valence-corrected chi connectivity index (χ4v) is 4.00. The van der Waals surface area contributed by atoms with E-state index < -0.39 is 0 Å². The Morgan fingerprint density at radius 2 is 1.77 bits per heavy atom. The maximum Gasteiger partial charge on any atom is 0.285 e. The first-order chi connectivity index (χ1) is 14.4. The molecule has 1 aliphatic heterocycles. The average molecular weight is 426 g/mol. The summed E-state index contributed by atoms with van der Waals surface area (Å²) in [7, 11) is 3.42. The largest absolute Gasteiger partial charge is 0.342 e. The molecular formula is C23H27N3O3S. The predicted molar refractivity (Wildman–Crippen MR) is 119 cm³/mol. The molecule has 1 atom stereocenters. The lowest BCUT2D eigenvalue weighted by atomic mass is 9.96. The van der Waals surface area contributed by atoms with Gasteiger partial charge >= 0.3 is 0 Å². The van der Waals surface area contributed by atoms with Crippen molar-refractivity contribution in [3.63, 3.8) is 0 Å². The minimum Gasteiger partial charge on any atom is -0.342 e. The third-order valence-electron chi connectivity index (χ3n) is 5.04. The molecule has 2 aromatic rings. The lowest BCUT2D eigenvalue weighted by Gasteiger charge is -2.32. The molecule has 1 aliphatic rings. The summed E-state index contributed by atoms with van der Waals surface area (Å²) < 4.78 is 0. The highest BCUT2D eigenvalue weighted by molar-refractivity contribution is 8.13. The first kappa shape index (κ1) is 21.9. The van der Waals surface area contributed by atoms with Crippen LogP contribution in [-0.2, 0) is 16.0 Å². The number of rotatable bonds is 5. The summed E-state index contributed by atoms with van der Waals surface area (Å²) in [5.41, 5.74) is 1.68. The van der Waals surface area contributed by atoms with Gasteiger partial charge in [-0.15, -0.1) is 0 Å². The molecule has 0 saturated carbocycles. The van der Waals surface area contributed by atoms with Gasteiger partial charge in [-0.1, -0.05) is 30.3 Å². The zero-order valence-electron chi connectivity index (χ0n) is 17.3. The smallest absolute Gasteiger partial charge is 0.285 e. The molecule has 0 bridgehead atoms. The van der Waals surface area contributed by atoms with Gasteiger partial charge in [0.05, 0.1) is 12.3 Å². The molecule has 7 heteroatoms. The fraction of sp³-hybridized carbons (Fsp3) is 0.348. The van der Waals surface area contributed by atoms with E-state index in [1.165, 1.54) is 4.90 Å². The van der Waals surface area contributed by atoms with Gasteiger partial charge in [-0.25, -0.2) is 0 Å². The van der Waals surface area contributed by atoms with Gasteiger partial charge in [0, 0.05) is 37.8 Å². The molecule has 0 spiro atoms. The molecule has 0 aromatic heterocycles. The lowest BCUT2D eigenvalue weighted by molar-refractivity contribution is -0.133. The Morgan fingerprint density at radius 3 is 2.43 bits per heavy atom. The maximum atomic E-state index is 12.7. The summed E-state index contributed by atoms with van der Waals surface area (Å²) in [5, 5.41) is 2.90. The highest BCUT2D eigenvalue weighted by Crippen LogP contribution is 2.24. The van der Waals surface area contributed by atoms with Crippen LogP contribution in [0.25, 0.3) is 0 Å². The van der Waals surface area contributed by atoms with E-state index in [4.69, 9.17) is 0 Å². The Kier molecular flexibility index (Phi) is 7.52. The van der Waals surface area contributed by atoms with E-state index in [2.05, 4.69) is 5.32 Å². The van der Waals surface area contributed by atoms with Crippen molar-refractivity contribution in [2.75, 3.05) is 32.5 Å². The molecule has 0 radical (unpaired) electrons. The van der Waals surface area contributed by atoms with E-state index in [0.717, 1.165) is 35.1 Å². The normalized spacial score (nSPS) is 16.1. The number of piperidine rings is 1. The summed E-state index contributed by atoms with van der Waals surface area (Å²) >= 11 is 1.14. The van der Waals surface area contributed by atoms with Crippen molar-refractivity contribution >= 4 is 34.5 Å². The van der Waals surface area contributed by atoms with E-state index in [1.807, 2.05) is 42.5 Å². The van der Waals surface area contributed by atoms with Crippen molar-refractivity contribution in [3.05, 3.63) is 60.2 Å². The monoisotopic (exact) mass is 425 g/mol. The molecule has 0 aliphatic carbocycles. The third kappa shape index (κ3) is 6.10. The molecule has 3 rings (SSSR count). The van der Waals surface area contributed by atoms with E-state index in [0.29, 0.717) is 25.2 Å². The van der Waals surface area contributed by atoms with Crippen LogP contribution >= 0.6 is 11.8 Å². The Balaban J connectivity index is 1.53. The van der Waals surface area contributed by atoms with Gasteiger partial charge < -0.3 is 15.1 Å². The number of thioether (sulfide) groups is 1. The highest BCUT2D eigenvalue weighted by atomic mass is 32.2. The number of carbonyl (C=O) groups excluding carboxylic acids is 3. The number of nitrogens with one attached hydrogen (secondary N) is 1. The summed E-state index contributed by atoms with van der Waals surface area (Å²) in [4.78, 5) is 41.3. The molecule has 30 heavy (non-hydrogen) atoms. The Bertz CT molecular complexity index is 884. The molecular weight excluding hydrogens is 398 g/mol. The number of anilines is 1. The van der Waals surface area contributed by atoms with Crippen molar-refractivity contribution in [1.82, 2.24) is 9.80 Å². The Hall–Kier alpha value is -2.80. The summed E-state index contributed by atoms with van der Waals surface area (Å²) in [6.45, 7) is 1.14. The van der Waals surface area contributed by atoms with Gasteiger partial charge in [0.1, 0.15) is 0 Å². The number of hydrogen-bond acceptors (Lipinski definition) is 4. The number of benzene rings is 2. The first-order valence-corrected chi connectivity index (χ1v) is 10.9. The standard InChI is InChI=1S/C23H27N3O3S/c1-25(2)23(29)30-20-12-10-19(11-13-20)24-22(28)18-9-6-14-26(16-18)21(27)15-17-7-4-3-5-8-17/h3-5,7-8,10-13,18H,6,9,14-16H2,1-2H3,(H,24,28). The minimum atomic E-state index is -0.220. The topological polar surface area (TPSA) is 69.7 Å². The molecule has 1 saturated heterocycles. The van der Waals surface area contributed by atoms with Crippen molar-refractivity contribution in [2.24, 2.45) is 5.92 Å².